The fraction of sp³-hybridized carbons (Fsp3) is 0.571. The number of nitrogens with zero attached hydrogens (tertiary/aromatic N) is 1. The summed E-state index contributed by atoms with van der Waals surface area (Å²) in [7, 11) is 0. The zero-order valence-electron chi connectivity index (χ0n) is 10.5. The van der Waals surface area contributed by atoms with E-state index in [2.05, 4.69) is 4.90 Å². The molecule has 0 aliphatic carbocycles. The zero-order valence-corrected chi connectivity index (χ0v) is 11.3. The maximum atomic E-state index is 9.92. The van der Waals surface area contributed by atoms with Crippen LogP contribution in [0.5, 0.6) is 5.75 Å². The van der Waals surface area contributed by atoms with Gasteiger partial charge in [-0.2, -0.15) is 0 Å². The highest BCUT2D eigenvalue weighted by Crippen LogP contribution is 2.16. The molecule has 100 valence electrons. The first-order valence-corrected chi connectivity index (χ1v) is 6.90. The highest BCUT2D eigenvalue weighted by molar-refractivity contribution is 6.30. The normalized spacial score (nSPS) is 18.6. The van der Waals surface area contributed by atoms with E-state index in [1.165, 1.54) is 19.3 Å². The second kappa shape index (κ2) is 6.98. The van der Waals surface area contributed by atoms with Crippen molar-refractivity contribution in [1.29, 1.82) is 0 Å². The fourth-order valence-corrected chi connectivity index (χ4v) is 2.34. The van der Waals surface area contributed by atoms with Crippen molar-refractivity contribution < 1.29 is 9.84 Å². The topological polar surface area (TPSA) is 32.7 Å². The molecule has 1 N–H and O–H groups in total. The lowest BCUT2D eigenvalue weighted by molar-refractivity contribution is 0.0617. The molecule has 1 saturated heterocycles. The van der Waals surface area contributed by atoms with Crippen LogP contribution < -0.4 is 4.74 Å². The van der Waals surface area contributed by atoms with Gasteiger partial charge < -0.3 is 14.7 Å². The average Bonchev–Trinajstić information content (AvgIpc) is 2.39. The molecule has 1 aliphatic rings. The lowest BCUT2D eigenvalue weighted by atomic mass is 10.1. The Balaban J connectivity index is 1.70. The molecule has 18 heavy (non-hydrogen) atoms. The van der Waals surface area contributed by atoms with Gasteiger partial charge in [0.15, 0.2) is 0 Å². The average molecular weight is 270 g/mol. The van der Waals surface area contributed by atoms with Crippen LogP contribution in [0.25, 0.3) is 0 Å². The molecule has 1 atom stereocenters. The van der Waals surface area contributed by atoms with E-state index in [0.29, 0.717) is 18.2 Å². The zero-order chi connectivity index (χ0) is 12.8. The van der Waals surface area contributed by atoms with Gasteiger partial charge in [-0.05, 0) is 50.2 Å². The highest BCUT2D eigenvalue weighted by atomic mass is 35.5. The summed E-state index contributed by atoms with van der Waals surface area (Å²) in [6.07, 6.45) is 3.36. The van der Waals surface area contributed by atoms with Crippen LogP contribution >= 0.6 is 11.6 Å². The number of likely N-dealkylation sites (tertiary alicyclic amines) is 1. The predicted molar refractivity (Wildman–Crippen MR) is 73.2 cm³/mol. The summed E-state index contributed by atoms with van der Waals surface area (Å²) >= 11 is 5.79. The Kier molecular flexibility index (Phi) is 5.29. The Labute approximate surface area is 113 Å². The number of benzene rings is 1. The van der Waals surface area contributed by atoms with Gasteiger partial charge in [0, 0.05) is 11.6 Å². The molecule has 3 nitrogen and oxygen atoms in total. The second-order valence-corrected chi connectivity index (χ2v) is 5.22. The number of β-amino-alcohol motifs (C(OH)–C–C–N with tert-alkyl or cyclic N) is 1. The van der Waals surface area contributed by atoms with E-state index in [9.17, 15) is 5.11 Å². The molecule has 4 heteroatoms. The molecule has 1 aliphatic heterocycles. The van der Waals surface area contributed by atoms with Crippen LogP contribution in [0.4, 0.5) is 0 Å². The molecule has 1 aromatic rings. The number of aliphatic hydroxyl groups is 1. The van der Waals surface area contributed by atoms with Gasteiger partial charge in [-0.25, -0.2) is 0 Å². The third kappa shape index (κ3) is 4.48. The summed E-state index contributed by atoms with van der Waals surface area (Å²) in [5.41, 5.74) is 0. The summed E-state index contributed by atoms with van der Waals surface area (Å²) in [6.45, 7) is 3.22. The van der Waals surface area contributed by atoms with Crippen LogP contribution in [0.2, 0.25) is 5.02 Å². The number of hydrogen-bond donors (Lipinski definition) is 1. The smallest absolute Gasteiger partial charge is 0.119 e. The predicted octanol–water partition coefficient (Wildman–Crippen LogP) is 2.57. The number of hydrogen-bond acceptors (Lipinski definition) is 3. The van der Waals surface area contributed by atoms with Gasteiger partial charge in [0.2, 0.25) is 0 Å². The van der Waals surface area contributed by atoms with Crippen LogP contribution in [0.3, 0.4) is 0 Å². The largest absolute Gasteiger partial charge is 0.491 e. The molecule has 1 aromatic carbocycles. The minimum Gasteiger partial charge on any atom is -0.491 e. The Morgan fingerprint density at radius 3 is 2.50 bits per heavy atom. The van der Waals surface area contributed by atoms with E-state index < -0.39 is 6.10 Å². The number of rotatable bonds is 5. The molecule has 0 amide bonds. The molecule has 1 fully saturated rings. The molecule has 0 bridgehead atoms. The van der Waals surface area contributed by atoms with Crippen LogP contribution in [-0.4, -0.2) is 42.4 Å². The van der Waals surface area contributed by atoms with E-state index in [1.807, 2.05) is 12.1 Å². The molecule has 0 spiro atoms. The van der Waals surface area contributed by atoms with Crippen LogP contribution in [0.1, 0.15) is 19.3 Å². The van der Waals surface area contributed by atoms with Gasteiger partial charge in [0.1, 0.15) is 18.5 Å². The van der Waals surface area contributed by atoms with Crippen molar-refractivity contribution in [3.8, 4) is 5.75 Å². The lowest BCUT2D eigenvalue weighted by Crippen LogP contribution is -2.38. The maximum absolute atomic E-state index is 9.92. The van der Waals surface area contributed by atoms with Gasteiger partial charge in [-0.3, -0.25) is 0 Å². The van der Waals surface area contributed by atoms with E-state index in [4.69, 9.17) is 16.3 Å². The molecule has 1 heterocycles. The quantitative estimate of drug-likeness (QED) is 0.892. The van der Waals surface area contributed by atoms with Crippen molar-refractivity contribution >= 4 is 11.6 Å². The first-order valence-electron chi connectivity index (χ1n) is 6.53. The second-order valence-electron chi connectivity index (χ2n) is 4.78. The summed E-state index contributed by atoms with van der Waals surface area (Å²) < 4.78 is 5.53. The molecular weight excluding hydrogens is 250 g/mol. The summed E-state index contributed by atoms with van der Waals surface area (Å²) in [5, 5.41) is 10.6. The first-order chi connectivity index (χ1) is 8.74. The van der Waals surface area contributed by atoms with Crippen molar-refractivity contribution in [2.45, 2.75) is 25.4 Å². The fourth-order valence-electron chi connectivity index (χ4n) is 2.22. The minimum absolute atomic E-state index is 0.331. The highest BCUT2D eigenvalue weighted by Gasteiger charge is 2.14. The number of aliphatic hydroxyl groups excluding tert-OH is 1. The Hall–Kier alpha value is -0.770. The number of halogens is 1. The molecule has 0 aromatic heterocycles. The minimum atomic E-state index is -0.432. The standard InChI is InChI=1S/C14H20ClNO2/c15-12-4-6-14(7-5-12)18-11-13(17)10-16-8-2-1-3-9-16/h4-7,13,17H,1-3,8-11H2/t13-/m1/s1. The molecular formula is C14H20ClNO2. The van der Waals surface area contributed by atoms with E-state index in [1.54, 1.807) is 12.1 Å². The van der Waals surface area contributed by atoms with Gasteiger partial charge >= 0.3 is 0 Å². The van der Waals surface area contributed by atoms with Crippen molar-refractivity contribution in [2.24, 2.45) is 0 Å². The van der Waals surface area contributed by atoms with E-state index >= 15 is 0 Å². The van der Waals surface area contributed by atoms with Crippen molar-refractivity contribution in [1.82, 2.24) is 4.90 Å². The van der Waals surface area contributed by atoms with Crippen molar-refractivity contribution in [2.75, 3.05) is 26.2 Å². The number of ether oxygens (including phenoxy) is 1. The van der Waals surface area contributed by atoms with Crippen LogP contribution in [0.15, 0.2) is 24.3 Å². The maximum Gasteiger partial charge on any atom is 0.119 e. The third-order valence-corrected chi connectivity index (χ3v) is 3.43. The Morgan fingerprint density at radius 2 is 1.83 bits per heavy atom. The molecule has 0 radical (unpaired) electrons. The van der Waals surface area contributed by atoms with Crippen molar-refractivity contribution in [3.63, 3.8) is 0 Å². The van der Waals surface area contributed by atoms with Gasteiger partial charge in [-0.1, -0.05) is 18.0 Å². The molecule has 0 unspecified atom stereocenters. The first kappa shape index (κ1) is 13.7. The van der Waals surface area contributed by atoms with Gasteiger partial charge in [0.05, 0.1) is 0 Å². The summed E-state index contributed by atoms with van der Waals surface area (Å²) in [5.74, 6) is 0.747. The van der Waals surface area contributed by atoms with Gasteiger partial charge in [-0.15, -0.1) is 0 Å². The van der Waals surface area contributed by atoms with Crippen LogP contribution in [-0.2, 0) is 0 Å². The van der Waals surface area contributed by atoms with Gasteiger partial charge in [0.25, 0.3) is 0 Å². The number of piperidine rings is 1. The third-order valence-electron chi connectivity index (χ3n) is 3.17. The van der Waals surface area contributed by atoms with Crippen molar-refractivity contribution in [3.05, 3.63) is 29.3 Å². The van der Waals surface area contributed by atoms with E-state index in [0.717, 1.165) is 18.8 Å². The Bertz CT molecular complexity index is 349. The molecule has 0 saturated carbocycles. The summed E-state index contributed by atoms with van der Waals surface area (Å²) in [4.78, 5) is 2.30. The lowest BCUT2D eigenvalue weighted by Gasteiger charge is -2.28. The monoisotopic (exact) mass is 269 g/mol. The summed E-state index contributed by atoms with van der Waals surface area (Å²) in [6, 6.07) is 7.20. The Morgan fingerprint density at radius 1 is 1.17 bits per heavy atom. The SMILES string of the molecule is O[C@@H](COc1ccc(Cl)cc1)CN1CCCCC1. The van der Waals surface area contributed by atoms with Crippen LogP contribution in [0, 0.1) is 0 Å². The molecule has 2 rings (SSSR count). The van der Waals surface area contributed by atoms with E-state index in [-0.39, 0.29) is 0 Å².